The SMILES string of the molecule is CC1CCCC(NCCOCC2CC2)CC1. The molecule has 2 saturated carbocycles. The van der Waals surface area contributed by atoms with Crippen LogP contribution in [-0.2, 0) is 4.74 Å². The fraction of sp³-hybridized carbons (Fsp3) is 1.00. The maximum absolute atomic E-state index is 5.64. The van der Waals surface area contributed by atoms with E-state index >= 15 is 0 Å². The van der Waals surface area contributed by atoms with Gasteiger partial charge < -0.3 is 10.1 Å². The molecular weight excluding hydrogens is 198 g/mol. The molecule has 94 valence electrons. The summed E-state index contributed by atoms with van der Waals surface area (Å²) in [4.78, 5) is 0. The summed E-state index contributed by atoms with van der Waals surface area (Å²) in [5.41, 5.74) is 0. The molecule has 0 aromatic carbocycles. The van der Waals surface area contributed by atoms with Crippen molar-refractivity contribution in [2.45, 2.75) is 57.9 Å². The first-order valence-electron chi connectivity index (χ1n) is 7.15. The molecule has 0 heterocycles. The molecule has 0 aromatic heterocycles. The Labute approximate surface area is 100 Å². The van der Waals surface area contributed by atoms with Crippen LogP contribution in [0.4, 0.5) is 0 Å². The molecule has 2 nitrogen and oxygen atoms in total. The topological polar surface area (TPSA) is 21.3 Å². The van der Waals surface area contributed by atoms with Crippen molar-refractivity contribution in [3.8, 4) is 0 Å². The van der Waals surface area contributed by atoms with Crippen molar-refractivity contribution < 1.29 is 4.74 Å². The molecule has 16 heavy (non-hydrogen) atoms. The number of nitrogens with one attached hydrogen (secondary N) is 1. The molecule has 1 N–H and O–H groups in total. The Bertz CT molecular complexity index is 191. The molecule has 2 unspecified atom stereocenters. The number of hydrogen-bond donors (Lipinski definition) is 1. The predicted octanol–water partition coefficient (Wildman–Crippen LogP) is 2.97. The van der Waals surface area contributed by atoms with Crippen LogP contribution in [0.3, 0.4) is 0 Å². The Morgan fingerprint density at radius 1 is 1.06 bits per heavy atom. The van der Waals surface area contributed by atoms with Crippen molar-refractivity contribution in [3.05, 3.63) is 0 Å². The van der Waals surface area contributed by atoms with Crippen molar-refractivity contribution in [1.82, 2.24) is 5.32 Å². The molecule has 2 aliphatic carbocycles. The Morgan fingerprint density at radius 2 is 1.94 bits per heavy atom. The Kier molecular flexibility index (Phi) is 5.11. The third kappa shape index (κ3) is 4.84. The standard InChI is InChI=1S/C14H27NO/c1-12-3-2-4-14(8-5-12)15-9-10-16-11-13-6-7-13/h12-15H,2-11H2,1H3. The molecule has 0 spiro atoms. The van der Waals surface area contributed by atoms with Crippen LogP contribution < -0.4 is 5.32 Å². The fourth-order valence-corrected chi connectivity index (χ4v) is 2.56. The minimum atomic E-state index is 0.759. The zero-order valence-corrected chi connectivity index (χ0v) is 10.7. The smallest absolute Gasteiger partial charge is 0.0591 e. The van der Waals surface area contributed by atoms with E-state index in [1.807, 2.05) is 0 Å². The van der Waals surface area contributed by atoms with E-state index in [9.17, 15) is 0 Å². The summed E-state index contributed by atoms with van der Waals surface area (Å²) in [6.07, 6.45) is 9.76. The summed E-state index contributed by atoms with van der Waals surface area (Å²) >= 11 is 0. The summed E-state index contributed by atoms with van der Waals surface area (Å²) in [6, 6.07) is 0.759. The first-order valence-corrected chi connectivity index (χ1v) is 7.15. The Hall–Kier alpha value is -0.0800. The van der Waals surface area contributed by atoms with Crippen molar-refractivity contribution in [1.29, 1.82) is 0 Å². The minimum absolute atomic E-state index is 0.759. The van der Waals surface area contributed by atoms with E-state index in [1.54, 1.807) is 0 Å². The fourth-order valence-electron chi connectivity index (χ4n) is 2.56. The average Bonchev–Trinajstić information content (AvgIpc) is 3.07. The van der Waals surface area contributed by atoms with Gasteiger partial charge in [-0.3, -0.25) is 0 Å². The molecule has 0 saturated heterocycles. The predicted molar refractivity (Wildman–Crippen MR) is 67.6 cm³/mol. The lowest BCUT2D eigenvalue weighted by molar-refractivity contribution is 0.123. The van der Waals surface area contributed by atoms with Crippen LogP contribution in [0.1, 0.15) is 51.9 Å². The summed E-state index contributed by atoms with van der Waals surface area (Å²) < 4.78 is 5.64. The number of ether oxygens (including phenoxy) is 1. The largest absolute Gasteiger partial charge is 0.380 e. The molecule has 0 amide bonds. The van der Waals surface area contributed by atoms with E-state index in [0.717, 1.165) is 37.6 Å². The quantitative estimate of drug-likeness (QED) is 0.554. The maximum atomic E-state index is 5.64. The van der Waals surface area contributed by atoms with Gasteiger partial charge in [0.05, 0.1) is 6.61 Å². The lowest BCUT2D eigenvalue weighted by Crippen LogP contribution is -2.31. The highest BCUT2D eigenvalue weighted by molar-refractivity contribution is 4.74. The van der Waals surface area contributed by atoms with Crippen molar-refractivity contribution in [3.63, 3.8) is 0 Å². The van der Waals surface area contributed by atoms with Gasteiger partial charge in [0.1, 0.15) is 0 Å². The lowest BCUT2D eigenvalue weighted by atomic mass is 10.0. The van der Waals surface area contributed by atoms with E-state index in [0.29, 0.717) is 0 Å². The van der Waals surface area contributed by atoms with E-state index in [1.165, 1.54) is 44.9 Å². The normalized spacial score (nSPS) is 31.3. The van der Waals surface area contributed by atoms with Gasteiger partial charge in [-0.25, -0.2) is 0 Å². The molecule has 2 aliphatic rings. The van der Waals surface area contributed by atoms with Crippen molar-refractivity contribution in [2.75, 3.05) is 19.8 Å². The van der Waals surface area contributed by atoms with Gasteiger partial charge in [0.15, 0.2) is 0 Å². The van der Waals surface area contributed by atoms with E-state index < -0.39 is 0 Å². The third-order valence-corrected chi connectivity index (χ3v) is 3.99. The first kappa shape index (κ1) is 12.4. The van der Waals surface area contributed by atoms with Gasteiger partial charge in [-0.1, -0.05) is 19.8 Å². The van der Waals surface area contributed by atoms with Crippen molar-refractivity contribution in [2.24, 2.45) is 11.8 Å². The van der Waals surface area contributed by atoms with Crippen LogP contribution in [0.2, 0.25) is 0 Å². The second-order valence-electron chi connectivity index (χ2n) is 5.78. The highest BCUT2D eigenvalue weighted by Crippen LogP contribution is 2.28. The molecule has 0 bridgehead atoms. The Balaban J connectivity index is 1.47. The summed E-state index contributed by atoms with van der Waals surface area (Å²) in [5, 5.41) is 3.65. The van der Waals surface area contributed by atoms with Gasteiger partial charge in [0.2, 0.25) is 0 Å². The second-order valence-corrected chi connectivity index (χ2v) is 5.78. The van der Waals surface area contributed by atoms with Gasteiger partial charge in [-0.15, -0.1) is 0 Å². The van der Waals surface area contributed by atoms with Crippen molar-refractivity contribution >= 4 is 0 Å². The molecule has 2 fully saturated rings. The van der Waals surface area contributed by atoms with E-state index in [2.05, 4.69) is 12.2 Å². The van der Waals surface area contributed by atoms with Crippen LogP contribution in [-0.4, -0.2) is 25.8 Å². The van der Waals surface area contributed by atoms with Gasteiger partial charge >= 0.3 is 0 Å². The van der Waals surface area contributed by atoms with Gasteiger partial charge in [-0.2, -0.15) is 0 Å². The van der Waals surface area contributed by atoms with Crippen LogP contribution in [0.15, 0.2) is 0 Å². The van der Waals surface area contributed by atoms with Gasteiger partial charge in [-0.05, 0) is 43.9 Å². The highest BCUT2D eigenvalue weighted by atomic mass is 16.5. The molecule has 0 aliphatic heterocycles. The number of hydrogen-bond acceptors (Lipinski definition) is 2. The monoisotopic (exact) mass is 225 g/mol. The minimum Gasteiger partial charge on any atom is -0.380 e. The number of rotatable bonds is 6. The Morgan fingerprint density at radius 3 is 2.75 bits per heavy atom. The summed E-state index contributed by atoms with van der Waals surface area (Å²) in [5.74, 6) is 1.84. The summed E-state index contributed by atoms with van der Waals surface area (Å²) in [6.45, 7) is 5.35. The molecule has 2 atom stereocenters. The van der Waals surface area contributed by atoms with Crippen LogP contribution in [0, 0.1) is 11.8 Å². The van der Waals surface area contributed by atoms with Gasteiger partial charge in [0.25, 0.3) is 0 Å². The lowest BCUT2D eigenvalue weighted by Gasteiger charge is -2.16. The zero-order valence-electron chi connectivity index (χ0n) is 10.7. The zero-order chi connectivity index (χ0) is 11.2. The average molecular weight is 225 g/mol. The van der Waals surface area contributed by atoms with Crippen LogP contribution in [0.5, 0.6) is 0 Å². The molecular formula is C14H27NO. The second kappa shape index (κ2) is 6.61. The van der Waals surface area contributed by atoms with Crippen LogP contribution in [0.25, 0.3) is 0 Å². The van der Waals surface area contributed by atoms with Gasteiger partial charge in [0, 0.05) is 19.2 Å². The van der Waals surface area contributed by atoms with E-state index in [4.69, 9.17) is 4.74 Å². The van der Waals surface area contributed by atoms with E-state index in [-0.39, 0.29) is 0 Å². The molecule has 2 heteroatoms. The van der Waals surface area contributed by atoms with Crippen LogP contribution >= 0.6 is 0 Å². The third-order valence-electron chi connectivity index (χ3n) is 3.99. The molecule has 0 aromatic rings. The summed E-state index contributed by atoms with van der Waals surface area (Å²) in [7, 11) is 0. The first-order chi connectivity index (χ1) is 7.84. The highest BCUT2D eigenvalue weighted by Gasteiger charge is 2.21. The molecule has 2 rings (SSSR count). The maximum Gasteiger partial charge on any atom is 0.0591 e. The molecule has 0 radical (unpaired) electrons.